The smallest absolute Gasteiger partial charge is 0.310 e. The van der Waals surface area contributed by atoms with Crippen LogP contribution < -0.4 is 5.32 Å². The normalized spacial score (nSPS) is 10.7. The molecule has 0 radical (unpaired) electrons. The van der Waals surface area contributed by atoms with Crippen molar-refractivity contribution in [1.82, 2.24) is 0 Å². The van der Waals surface area contributed by atoms with E-state index in [-0.39, 0.29) is 22.8 Å². The van der Waals surface area contributed by atoms with Crippen molar-refractivity contribution in [3.8, 4) is 0 Å². The molecule has 1 amide bonds. The second kappa shape index (κ2) is 8.32. The molecular weight excluding hydrogens is 400 g/mol. The van der Waals surface area contributed by atoms with Gasteiger partial charge in [-0.1, -0.05) is 11.6 Å². The molecule has 0 aliphatic carbocycles. The van der Waals surface area contributed by atoms with Crippen LogP contribution >= 0.6 is 11.6 Å². The third kappa shape index (κ3) is 4.72. The molecule has 9 heteroatoms. The number of halogens is 1. The molecule has 0 atom stereocenters. The van der Waals surface area contributed by atoms with Crippen molar-refractivity contribution in [1.29, 1.82) is 0 Å². The van der Waals surface area contributed by atoms with Crippen molar-refractivity contribution in [3.63, 3.8) is 0 Å². The van der Waals surface area contributed by atoms with Gasteiger partial charge in [0, 0.05) is 22.0 Å². The molecule has 1 aromatic heterocycles. The topological polar surface area (TPSA) is 112 Å². The lowest BCUT2D eigenvalue weighted by atomic mass is 10.0. The Labute approximate surface area is 170 Å². The summed E-state index contributed by atoms with van der Waals surface area (Å²) < 4.78 is 10.5. The van der Waals surface area contributed by atoms with E-state index in [0.29, 0.717) is 11.1 Å². The van der Waals surface area contributed by atoms with Gasteiger partial charge >= 0.3 is 5.97 Å². The minimum absolute atomic E-state index is 0.0694. The van der Waals surface area contributed by atoms with Gasteiger partial charge in [-0.05, 0) is 49.2 Å². The second-order valence-electron chi connectivity index (χ2n) is 6.50. The number of nitro benzene ring substituents is 1. The average Bonchev–Trinajstić information content (AvgIpc) is 3.02. The molecule has 3 aromatic rings. The maximum absolute atomic E-state index is 12.1. The van der Waals surface area contributed by atoms with Crippen molar-refractivity contribution < 1.29 is 23.7 Å². The maximum Gasteiger partial charge on any atom is 0.310 e. The van der Waals surface area contributed by atoms with Gasteiger partial charge in [0.25, 0.3) is 11.6 Å². The number of aryl methyl sites for hydroxylation is 2. The average molecular weight is 417 g/mol. The Balaban J connectivity index is 1.62. The first kappa shape index (κ1) is 20.3. The molecule has 2 aromatic carbocycles. The van der Waals surface area contributed by atoms with E-state index in [1.165, 1.54) is 24.5 Å². The highest BCUT2D eigenvalue weighted by Gasteiger charge is 2.18. The van der Waals surface area contributed by atoms with E-state index in [9.17, 15) is 19.7 Å². The van der Waals surface area contributed by atoms with Gasteiger partial charge in [0.2, 0.25) is 0 Å². The maximum atomic E-state index is 12.1. The summed E-state index contributed by atoms with van der Waals surface area (Å²) in [5, 5.41) is 14.4. The highest BCUT2D eigenvalue weighted by atomic mass is 35.5. The van der Waals surface area contributed by atoms with E-state index < -0.39 is 23.4 Å². The minimum Gasteiger partial charge on any atom is -0.464 e. The Morgan fingerprint density at radius 1 is 1.21 bits per heavy atom. The third-order valence-corrected chi connectivity index (χ3v) is 4.63. The summed E-state index contributed by atoms with van der Waals surface area (Å²) in [6.07, 6.45) is 1.42. The Bertz CT molecular complexity index is 1120. The predicted octanol–water partition coefficient (Wildman–Crippen LogP) is 4.34. The number of ether oxygens (including phenoxy) is 1. The Hall–Kier alpha value is -3.39. The summed E-state index contributed by atoms with van der Waals surface area (Å²) in [4.78, 5) is 34.5. The zero-order chi connectivity index (χ0) is 21.1. The Kier molecular flexibility index (Phi) is 5.84. The first-order valence-electron chi connectivity index (χ1n) is 8.61. The Morgan fingerprint density at radius 3 is 2.66 bits per heavy atom. The summed E-state index contributed by atoms with van der Waals surface area (Å²) in [5.74, 6) is -1.34. The third-order valence-electron chi connectivity index (χ3n) is 4.40. The number of hydrogen-bond donors (Lipinski definition) is 1. The molecule has 29 heavy (non-hydrogen) atoms. The molecule has 1 N–H and O–H groups in total. The number of furan rings is 1. The lowest BCUT2D eigenvalue weighted by Crippen LogP contribution is -2.22. The van der Waals surface area contributed by atoms with Crippen LogP contribution in [0.15, 0.2) is 41.0 Å². The zero-order valence-corrected chi connectivity index (χ0v) is 16.4. The number of carbonyl (C=O) groups is 2. The van der Waals surface area contributed by atoms with Gasteiger partial charge < -0.3 is 14.5 Å². The lowest BCUT2D eigenvalue weighted by molar-refractivity contribution is -0.383. The summed E-state index contributed by atoms with van der Waals surface area (Å²) in [5.41, 5.74) is 3.07. The summed E-state index contributed by atoms with van der Waals surface area (Å²) >= 11 is 5.81. The summed E-state index contributed by atoms with van der Waals surface area (Å²) in [6.45, 7) is 3.34. The van der Waals surface area contributed by atoms with Gasteiger partial charge in [0.15, 0.2) is 6.61 Å². The van der Waals surface area contributed by atoms with E-state index in [4.69, 9.17) is 20.8 Å². The standard InChI is InChI=1S/C20H17ClN2O6/c1-11-5-15-13(9-28-18(15)6-12(11)2)7-20(25)29-10-19(24)22-16-8-14(21)3-4-17(16)23(26)27/h3-6,8-9H,7,10H2,1-2H3,(H,22,24). The monoisotopic (exact) mass is 416 g/mol. The van der Waals surface area contributed by atoms with Crippen molar-refractivity contribution in [2.75, 3.05) is 11.9 Å². The van der Waals surface area contributed by atoms with Crippen LogP contribution in [0.3, 0.4) is 0 Å². The molecular formula is C20H17ClN2O6. The number of fused-ring (bicyclic) bond motifs is 1. The molecule has 0 bridgehead atoms. The number of rotatable bonds is 6. The van der Waals surface area contributed by atoms with Crippen LogP contribution in [0.2, 0.25) is 5.02 Å². The fourth-order valence-corrected chi connectivity index (χ4v) is 2.95. The van der Waals surface area contributed by atoms with Gasteiger partial charge in [0.05, 0.1) is 17.6 Å². The SMILES string of the molecule is Cc1cc2occ(CC(=O)OCC(=O)Nc3cc(Cl)ccc3[N+](=O)[O-])c2cc1C. The highest BCUT2D eigenvalue weighted by molar-refractivity contribution is 6.31. The lowest BCUT2D eigenvalue weighted by Gasteiger charge is -2.07. The number of anilines is 1. The molecule has 0 unspecified atom stereocenters. The van der Waals surface area contributed by atoms with Gasteiger partial charge in [-0.25, -0.2) is 0 Å². The van der Waals surface area contributed by atoms with E-state index in [2.05, 4.69) is 5.32 Å². The molecule has 1 heterocycles. The molecule has 8 nitrogen and oxygen atoms in total. The van der Waals surface area contributed by atoms with Crippen LogP contribution in [-0.2, 0) is 20.7 Å². The van der Waals surface area contributed by atoms with E-state index in [1.807, 2.05) is 26.0 Å². The van der Waals surface area contributed by atoms with E-state index >= 15 is 0 Å². The van der Waals surface area contributed by atoms with Crippen molar-refractivity contribution in [2.45, 2.75) is 20.3 Å². The summed E-state index contributed by atoms with van der Waals surface area (Å²) in [6, 6.07) is 7.60. The number of nitrogens with one attached hydrogen (secondary N) is 1. The molecule has 0 fully saturated rings. The van der Waals surface area contributed by atoms with Crippen molar-refractivity contribution in [2.24, 2.45) is 0 Å². The molecule has 0 saturated carbocycles. The summed E-state index contributed by atoms with van der Waals surface area (Å²) in [7, 11) is 0. The van der Waals surface area contributed by atoms with Crippen LogP contribution in [-0.4, -0.2) is 23.4 Å². The molecule has 0 aliphatic heterocycles. The van der Waals surface area contributed by atoms with Gasteiger partial charge in [0.1, 0.15) is 11.3 Å². The molecule has 0 aliphatic rings. The highest BCUT2D eigenvalue weighted by Crippen LogP contribution is 2.28. The molecule has 3 rings (SSSR count). The molecule has 0 saturated heterocycles. The predicted molar refractivity (Wildman–Crippen MR) is 107 cm³/mol. The van der Waals surface area contributed by atoms with Crippen LogP contribution in [0, 0.1) is 24.0 Å². The van der Waals surface area contributed by atoms with Crippen LogP contribution in [0.1, 0.15) is 16.7 Å². The number of nitrogens with zero attached hydrogens (tertiary/aromatic N) is 1. The first-order valence-corrected chi connectivity index (χ1v) is 8.99. The number of amides is 1. The Morgan fingerprint density at radius 2 is 1.93 bits per heavy atom. The number of carbonyl (C=O) groups excluding carboxylic acids is 2. The quantitative estimate of drug-likeness (QED) is 0.363. The van der Waals surface area contributed by atoms with E-state index in [1.54, 1.807) is 0 Å². The second-order valence-corrected chi connectivity index (χ2v) is 6.93. The van der Waals surface area contributed by atoms with Gasteiger partial charge in [-0.3, -0.25) is 19.7 Å². The first-order chi connectivity index (χ1) is 13.7. The fraction of sp³-hybridized carbons (Fsp3) is 0.200. The van der Waals surface area contributed by atoms with Crippen LogP contribution in [0.25, 0.3) is 11.0 Å². The largest absolute Gasteiger partial charge is 0.464 e. The number of esters is 1. The number of hydrogen-bond acceptors (Lipinski definition) is 6. The molecule has 150 valence electrons. The fourth-order valence-electron chi connectivity index (χ4n) is 2.78. The van der Waals surface area contributed by atoms with Crippen LogP contribution in [0.5, 0.6) is 0 Å². The van der Waals surface area contributed by atoms with Crippen molar-refractivity contribution in [3.05, 3.63) is 68.4 Å². The van der Waals surface area contributed by atoms with Gasteiger partial charge in [-0.15, -0.1) is 0 Å². The minimum atomic E-state index is -0.716. The zero-order valence-electron chi connectivity index (χ0n) is 15.7. The van der Waals surface area contributed by atoms with Crippen molar-refractivity contribution >= 4 is 45.8 Å². The molecule has 0 spiro atoms. The number of benzene rings is 2. The van der Waals surface area contributed by atoms with E-state index in [0.717, 1.165) is 16.5 Å². The number of nitro groups is 1. The van der Waals surface area contributed by atoms with Gasteiger partial charge in [-0.2, -0.15) is 0 Å². The van der Waals surface area contributed by atoms with Crippen LogP contribution in [0.4, 0.5) is 11.4 Å².